The van der Waals surface area contributed by atoms with Crippen LogP contribution in [0.1, 0.15) is 47.0 Å². The van der Waals surface area contributed by atoms with Gasteiger partial charge in [-0.2, -0.15) is 0 Å². The van der Waals surface area contributed by atoms with E-state index in [4.69, 9.17) is 5.11 Å². The minimum atomic E-state index is -0.716. The second kappa shape index (κ2) is 6.33. The molecule has 84 valence electrons. The Kier molecular flexibility index (Phi) is 6.25. The Bertz CT molecular complexity index is 176. The summed E-state index contributed by atoms with van der Waals surface area (Å²) in [5, 5.41) is 8.87. The number of hydrogen-bond donors (Lipinski definition) is 1. The highest BCUT2D eigenvalue weighted by molar-refractivity contribution is 8.01. The van der Waals surface area contributed by atoms with Crippen molar-refractivity contribution >= 4 is 17.7 Å². The van der Waals surface area contributed by atoms with E-state index in [0.29, 0.717) is 0 Å². The molecule has 0 atom stereocenters. The maximum absolute atomic E-state index is 10.8. The molecule has 0 saturated carbocycles. The molecular formula is C11H22O2S. The van der Waals surface area contributed by atoms with E-state index in [0.717, 1.165) is 18.1 Å². The standard InChI is InChI=1S/C11H22O2S/c1-9(2)7-5-6-8-14-11(3,4)10(12)13/h9H,5-8H2,1-4H3,(H,12,13). The van der Waals surface area contributed by atoms with Crippen molar-refractivity contribution in [1.82, 2.24) is 0 Å². The molecule has 0 aromatic heterocycles. The highest BCUT2D eigenvalue weighted by Crippen LogP contribution is 2.25. The first kappa shape index (κ1) is 13.8. The Hall–Kier alpha value is -0.180. The molecule has 0 aliphatic rings. The van der Waals surface area contributed by atoms with E-state index in [-0.39, 0.29) is 0 Å². The molecule has 0 saturated heterocycles. The Balaban J connectivity index is 3.49. The molecule has 0 aromatic rings. The first-order valence-electron chi connectivity index (χ1n) is 5.23. The molecule has 0 aliphatic heterocycles. The summed E-state index contributed by atoms with van der Waals surface area (Å²) in [7, 11) is 0. The summed E-state index contributed by atoms with van der Waals surface area (Å²) in [6.07, 6.45) is 3.58. The molecule has 3 heteroatoms. The van der Waals surface area contributed by atoms with Crippen molar-refractivity contribution in [3.05, 3.63) is 0 Å². The van der Waals surface area contributed by atoms with Crippen molar-refractivity contribution in [2.75, 3.05) is 5.75 Å². The molecule has 1 N–H and O–H groups in total. The van der Waals surface area contributed by atoms with Crippen LogP contribution in [-0.4, -0.2) is 21.6 Å². The molecule has 0 rings (SSSR count). The van der Waals surface area contributed by atoms with Gasteiger partial charge in [-0.05, 0) is 31.9 Å². The Morgan fingerprint density at radius 2 is 1.93 bits per heavy atom. The predicted molar refractivity (Wildman–Crippen MR) is 62.9 cm³/mol. The van der Waals surface area contributed by atoms with Gasteiger partial charge in [-0.25, -0.2) is 0 Å². The van der Waals surface area contributed by atoms with Crippen molar-refractivity contribution in [2.45, 2.75) is 51.7 Å². The van der Waals surface area contributed by atoms with Gasteiger partial charge in [-0.3, -0.25) is 4.79 Å². The molecule has 14 heavy (non-hydrogen) atoms. The molecule has 0 aliphatic carbocycles. The molecule has 0 heterocycles. The van der Waals surface area contributed by atoms with E-state index >= 15 is 0 Å². The first-order chi connectivity index (χ1) is 6.36. The highest BCUT2D eigenvalue weighted by atomic mass is 32.2. The molecule has 0 aromatic carbocycles. The average Bonchev–Trinajstić information content (AvgIpc) is 2.02. The largest absolute Gasteiger partial charge is 0.480 e. The number of carboxylic acid groups (broad SMARTS) is 1. The normalized spacial score (nSPS) is 12.1. The SMILES string of the molecule is CC(C)CCCCSC(C)(C)C(=O)O. The van der Waals surface area contributed by atoms with Crippen molar-refractivity contribution < 1.29 is 9.90 Å². The summed E-state index contributed by atoms with van der Waals surface area (Å²) in [5.41, 5.74) is 0. The van der Waals surface area contributed by atoms with E-state index in [1.807, 2.05) is 0 Å². The zero-order chi connectivity index (χ0) is 11.2. The third kappa shape index (κ3) is 6.30. The van der Waals surface area contributed by atoms with Crippen molar-refractivity contribution in [3.8, 4) is 0 Å². The van der Waals surface area contributed by atoms with Gasteiger partial charge < -0.3 is 5.11 Å². The van der Waals surface area contributed by atoms with E-state index in [1.54, 1.807) is 13.8 Å². The number of thioether (sulfide) groups is 1. The van der Waals surface area contributed by atoms with Gasteiger partial charge in [0.05, 0.1) is 0 Å². The van der Waals surface area contributed by atoms with Gasteiger partial charge in [-0.15, -0.1) is 11.8 Å². The Labute approximate surface area is 91.5 Å². The molecule has 0 unspecified atom stereocenters. The van der Waals surface area contributed by atoms with Crippen LogP contribution in [0.2, 0.25) is 0 Å². The van der Waals surface area contributed by atoms with Crippen LogP contribution >= 0.6 is 11.8 Å². The van der Waals surface area contributed by atoms with Crippen LogP contribution in [0.25, 0.3) is 0 Å². The molecule has 0 fully saturated rings. The maximum Gasteiger partial charge on any atom is 0.319 e. The summed E-state index contributed by atoms with van der Waals surface area (Å²) < 4.78 is -0.627. The lowest BCUT2D eigenvalue weighted by atomic mass is 10.1. The second-order valence-electron chi connectivity index (χ2n) is 4.55. The second-order valence-corrected chi connectivity index (χ2v) is 6.27. The van der Waals surface area contributed by atoms with Crippen LogP contribution in [0.5, 0.6) is 0 Å². The summed E-state index contributed by atoms with van der Waals surface area (Å²) in [6, 6.07) is 0. The lowest BCUT2D eigenvalue weighted by molar-refractivity contribution is -0.138. The van der Waals surface area contributed by atoms with Gasteiger partial charge in [0.2, 0.25) is 0 Å². The van der Waals surface area contributed by atoms with Crippen molar-refractivity contribution in [2.24, 2.45) is 5.92 Å². The number of aliphatic carboxylic acids is 1. The van der Waals surface area contributed by atoms with Crippen LogP contribution in [0, 0.1) is 5.92 Å². The molecule has 0 bridgehead atoms. The minimum absolute atomic E-state index is 0.627. The molecule has 0 spiro atoms. The number of hydrogen-bond acceptors (Lipinski definition) is 2. The van der Waals surface area contributed by atoms with Crippen LogP contribution < -0.4 is 0 Å². The van der Waals surface area contributed by atoms with Gasteiger partial charge in [0.15, 0.2) is 0 Å². The number of unbranched alkanes of at least 4 members (excludes halogenated alkanes) is 1. The fraction of sp³-hybridized carbons (Fsp3) is 0.909. The summed E-state index contributed by atoms with van der Waals surface area (Å²) in [4.78, 5) is 10.8. The number of rotatable bonds is 7. The van der Waals surface area contributed by atoms with Gasteiger partial charge in [0.25, 0.3) is 0 Å². The van der Waals surface area contributed by atoms with Crippen LogP contribution in [0.15, 0.2) is 0 Å². The average molecular weight is 218 g/mol. The van der Waals surface area contributed by atoms with Crippen LogP contribution in [-0.2, 0) is 4.79 Å². The fourth-order valence-electron chi connectivity index (χ4n) is 1.04. The van der Waals surface area contributed by atoms with E-state index < -0.39 is 10.7 Å². The highest BCUT2D eigenvalue weighted by Gasteiger charge is 2.26. The van der Waals surface area contributed by atoms with Crippen molar-refractivity contribution in [3.63, 3.8) is 0 Å². The summed E-state index contributed by atoms with van der Waals surface area (Å²) >= 11 is 1.54. The third-order valence-corrected chi connectivity index (χ3v) is 3.54. The quantitative estimate of drug-likeness (QED) is 0.665. The van der Waals surface area contributed by atoms with Crippen LogP contribution in [0.4, 0.5) is 0 Å². The predicted octanol–water partition coefficient (Wildman–Crippen LogP) is 3.41. The van der Waals surface area contributed by atoms with E-state index in [2.05, 4.69) is 13.8 Å². The molecular weight excluding hydrogens is 196 g/mol. The van der Waals surface area contributed by atoms with E-state index in [9.17, 15) is 4.79 Å². The molecule has 2 nitrogen and oxygen atoms in total. The smallest absolute Gasteiger partial charge is 0.319 e. The number of carboxylic acids is 1. The zero-order valence-corrected chi connectivity index (χ0v) is 10.5. The fourth-order valence-corrected chi connectivity index (χ4v) is 2.03. The first-order valence-corrected chi connectivity index (χ1v) is 6.22. The molecule has 0 amide bonds. The Morgan fingerprint density at radius 1 is 1.36 bits per heavy atom. The van der Waals surface area contributed by atoms with Gasteiger partial charge >= 0.3 is 5.97 Å². The minimum Gasteiger partial charge on any atom is -0.480 e. The topological polar surface area (TPSA) is 37.3 Å². The van der Waals surface area contributed by atoms with Crippen LogP contribution in [0.3, 0.4) is 0 Å². The monoisotopic (exact) mass is 218 g/mol. The third-order valence-electron chi connectivity index (χ3n) is 2.15. The Morgan fingerprint density at radius 3 is 2.36 bits per heavy atom. The number of carbonyl (C=O) groups is 1. The lowest BCUT2D eigenvalue weighted by Crippen LogP contribution is -2.27. The summed E-state index contributed by atoms with van der Waals surface area (Å²) in [5.74, 6) is 0.991. The van der Waals surface area contributed by atoms with Crippen molar-refractivity contribution in [1.29, 1.82) is 0 Å². The summed E-state index contributed by atoms with van der Waals surface area (Å²) in [6.45, 7) is 7.97. The maximum atomic E-state index is 10.8. The zero-order valence-electron chi connectivity index (χ0n) is 9.67. The van der Waals surface area contributed by atoms with Gasteiger partial charge in [-0.1, -0.05) is 26.7 Å². The lowest BCUT2D eigenvalue weighted by Gasteiger charge is -2.18. The van der Waals surface area contributed by atoms with Gasteiger partial charge in [0.1, 0.15) is 4.75 Å². The molecule has 0 radical (unpaired) electrons. The van der Waals surface area contributed by atoms with E-state index in [1.165, 1.54) is 24.6 Å². The van der Waals surface area contributed by atoms with Gasteiger partial charge in [0, 0.05) is 0 Å².